The van der Waals surface area contributed by atoms with Crippen LogP contribution in [0, 0.1) is 5.82 Å². The van der Waals surface area contributed by atoms with Crippen molar-refractivity contribution in [3.8, 4) is 17.2 Å². The number of halogens is 2. The van der Waals surface area contributed by atoms with Gasteiger partial charge in [-0.25, -0.2) is 22.3 Å². The Morgan fingerprint density at radius 2 is 1.85 bits per heavy atom. The maximum absolute atomic E-state index is 13.2. The normalized spacial score (nSPS) is 15.4. The molecule has 0 unspecified atom stereocenters. The fraction of sp³-hybridized carbons (Fsp3) is 0.208. The van der Waals surface area contributed by atoms with Crippen molar-refractivity contribution in [2.45, 2.75) is 30.2 Å². The second-order valence-corrected chi connectivity index (χ2v) is 9.81. The minimum atomic E-state index is -3.99. The van der Waals surface area contributed by atoms with Crippen LogP contribution in [0.4, 0.5) is 4.39 Å². The Labute approximate surface area is 201 Å². The van der Waals surface area contributed by atoms with Crippen molar-refractivity contribution < 1.29 is 32.2 Å². The molecule has 2 N–H and O–H groups in total. The molecule has 0 radical (unpaired) electrons. The van der Waals surface area contributed by atoms with Crippen LogP contribution < -0.4 is 14.2 Å². The first-order chi connectivity index (χ1) is 16.2. The topological polar surface area (TPSA) is 102 Å². The number of sulfonamides is 1. The average Bonchev–Trinajstić information content (AvgIpc) is 2.79. The summed E-state index contributed by atoms with van der Waals surface area (Å²) in [6.45, 7) is -0.477. The number of hydrogen-bond acceptors (Lipinski definition) is 5. The maximum Gasteiger partial charge on any atom is 0.341 e. The van der Waals surface area contributed by atoms with Gasteiger partial charge >= 0.3 is 5.97 Å². The molecule has 0 aliphatic heterocycles. The lowest BCUT2D eigenvalue weighted by Gasteiger charge is -2.27. The van der Waals surface area contributed by atoms with E-state index >= 15 is 0 Å². The lowest BCUT2D eigenvalue weighted by atomic mass is 9.87. The van der Waals surface area contributed by atoms with E-state index in [0.717, 1.165) is 11.1 Å². The summed E-state index contributed by atoms with van der Waals surface area (Å²) in [6.07, 6.45) is 1.92. The van der Waals surface area contributed by atoms with Gasteiger partial charge in [0.1, 0.15) is 28.0 Å². The standard InChI is InChI=1S/C24H21ClFNO6S/c25-20-13-17(33-16-9-7-15(26)8-10-16)11-12-23(20)34(30,31)27-21-5-1-4-19-18(21)3-2-6-22(19)32-14-24(28)29/h2-3,6-13,21,27H,1,4-5,14H2,(H,28,29)/t21-/m1/s1. The number of carboxylic acids is 1. The molecule has 0 heterocycles. The van der Waals surface area contributed by atoms with Gasteiger partial charge in [0.25, 0.3) is 0 Å². The summed E-state index contributed by atoms with van der Waals surface area (Å²) >= 11 is 6.28. The Morgan fingerprint density at radius 3 is 2.56 bits per heavy atom. The fourth-order valence-corrected chi connectivity index (χ4v) is 5.65. The molecule has 0 spiro atoms. The molecule has 34 heavy (non-hydrogen) atoms. The van der Waals surface area contributed by atoms with Crippen molar-refractivity contribution in [3.05, 3.63) is 82.6 Å². The van der Waals surface area contributed by atoms with E-state index < -0.39 is 34.5 Å². The van der Waals surface area contributed by atoms with Gasteiger partial charge in [-0.2, -0.15) is 0 Å². The van der Waals surface area contributed by atoms with E-state index in [9.17, 15) is 17.6 Å². The van der Waals surface area contributed by atoms with Crippen LogP contribution in [0.15, 0.2) is 65.6 Å². The maximum atomic E-state index is 13.2. The van der Waals surface area contributed by atoms with Crippen molar-refractivity contribution in [3.63, 3.8) is 0 Å². The fourth-order valence-electron chi connectivity index (χ4n) is 3.86. The summed E-state index contributed by atoms with van der Waals surface area (Å²) in [7, 11) is -3.99. The molecule has 0 fully saturated rings. The van der Waals surface area contributed by atoms with Gasteiger partial charge in [0.05, 0.1) is 5.02 Å². The smallest absolute Gasteiger partial charge is 0.341 e. The van der Waals surface area contributed by atoms with E-state index in [0.29, 0.717) is 36.5 Å². The van der Waals surface area contributed by atoms with Crippen molar-refractivity contribution in [1.29, 1.82) is 0 Å². The van der Waals surface area contributed by atoms with Gasteiger partial charge in [-0.3, -0.25) is 0 Å². The zero-order chi connectivity index (χ0) is 24.3. The molecule has 1 aliphatic carbocycles. The van der Waals surface area contributed by atoms with Gasteiger partial charge in [-0.15, -0.1) is 0 Å². The number of aliphatic carboxylic acids is 1. The molecule has 1 aliphatic rings. The molecule has 10 heteroatoms. The monoisotopic (exact) mass is 505 g/mol. The first kappa shape index (κ1) is 24.0. The van der Waals surface area contributed by atoms with Gasteiger partial charge in [0.15, 0.2) is 6.61 Å². The Bertz CT molecular complexity index is 1310. The summed E-state index contributed by atoms with van der Waals surface area (Å²) in [6, 6.07) is 14.3. The molecule has 7 nitrogen and oxygen atoms in total. The van der Waals surface area contributed by atoms with Crippen LogP contribution in [0.25, 0.3) is 0 Å². The van der Waals surface area contributed by atoms with Crippen LogP contribution in [0.5, 0.6) is 17.2 Å². The van der Waals surface area contributed by atoms with Gasteiger partial charge in [-0.05, 0) is 72.9 Å². The largest absolute Gasteiger partial charge is 0.482 e. The predicted molar refractivity (Wildman–Crippen MR) is 123 cm³/mol. The number of benzene rings is 3. The third-order valence-corrected chi connectivity index (χ3v) is 7.31. The lowest BCUT2D eigenvalue weighted by Crippen LogP contribution is -2.31. The molecule has 0 bridgehead atoms. The van der Waals surface area contributed by atoms with Crippen molar-refractivity contribution in [2.24, 2.45) is 0 Å². The highest BCUT2D eigenvalue weighted by Gasteiger charge is 2.29. The molecule has 3 aromatic rings. The first-order valence-electron chi connectivity index (χ1n) is 10.4. The molecule has 0 amide bonds. The number of hydrogen-bond donors (Lipinski definition) is 2. The number of carbonyl (C=O) groups is 1. The van der Waals surface area contributed by atoms with Gasteiger partial charge < -0.3 is 14.6 Å². The Morgan fingerprint density at radius 1 is 1.12 bits per heavy atom. The molecule has 178 valence electrons. The average molecular weight is 506 g/mol. The van der Waals surface area contributed by atoms with Crippen LogP contribution in [-0.4, -0.2) is 26.1 Å². The minimum Gasteiger partial charge on any atom is -0.482 e. The van der Waals surface area contributed by atoms with E-state index in [1.165, 1.54) is 42.5 Å². The highest BCUT2D eigenvalue weighted by atomic mass is 35.5. The number of ether oxygens (including phenoxy) is 2. The van der Waals surface area contributed by atoms with Crippen molar-refractivity contribution in [2.75, 3.05) is 6.61 Å². The SMILES string of the molecule is O=C(O)COc1cccc2c1CCC[C@H]2NS(=O)(=O)c1ccc(Oc2ccc(F)cc2)cc1Cl. The van der Waals surface area contributed by atoms with E-state index in [2.05, 4.69) is 4.72 Å². The Hall–Kier alpha value is -3.14. The van der Waals surface area contributed by atoms with Gasteiger partial charge in [0, 0.05) is 12.1 Å². The number of nitrogens with one attached hydrogen (secondary N) is 1. The highest BCUT2D eigenvalue weighted by Crippen LogP contribution is 2.37. The predicted octanol–water partition coefficient (Wildman–Crippen LogP) is 5.09. The van der Waals surface area contributed by atoms with Gasteiger partial charge in [0.2, 0.25) is 10.0 Å². The number of fused-ring (bicyclic) bond motifs is 1. The van der Waals surface area contributed by atoms with Crippen LogP contribution in [0.3, 0.4) is 0 Å². The van der Waals surface area contributed by atoms with Crippen LogP contribution in [0.2, 0.25) is 5.02 Å². The molecular formula is C24H21ClFNO6S. The van der Waals surface area contributed by atoms with E-state index in [1.807, 2.05) is 0 Å². The first-order valence-corrected chi connectivity index (χ1v) is 12.3. The van der Waals surface area contributed by atoms with E-state index in [4.69, 9.17) is 26.2 Å². The summed E-state index contributed by atoms with van der Waals surface area (Å²) in [5, 5.41) is 8.87. The van der Waals surface area contributed by atoms with E-state index in [-0.39, 0.29) is 9.92 Å². The summed E-state index contributed by atoms with van der Waals surface area (Å²) < 4.78 is 53.1. The van der Waals surface area contributed by atoms with Crippen LogP contribution in [-0.2, 0) is 21.2 Å². The second kappa shape index (κ2) is 10.0. The molecule has 0 aromatic heterocycles. The molecule has 3 aromatic carbocycles. The quantitative estimate of drug-likeness (QED) is 0.442. The van der Waals surface area contributed by atoms with Crippen molar-refractivity contribution in [1.82, 2.24) is 4.72 Å². The number of carboxylic acid groups (broad SMARTS) is 1. The molecular weight excluding hydrogens is 485 g/mol. The highest BCUT2D eigenvalue weighted by molar-refractivity contribution is 7.89. The van der Waals surface area contributed by atoms with Crippen molar-refractivity contribution >= 4 is 27.6 Å². The minimum absolute atomic E-state index is 0.0262. The zero-order valence-electron chi connectivity index (χ0n) is 17.8. The second-order valence-electron chi connectivity index (χ2n) is 7.72. The third-order valence-electron chi connectivity index (χ3n) is 5.36. The molecule has 0 saturated heterocycles. The van der Waals surface area contributed by atoms with Crippen LogP contribution >= 0.6 is 11.6 Å². The summed E-state index contributed by atoms with van der Waals surface area (Å²) in [4.78, 5) is 10.8. The van der Waals surface area contributed by atoms with Crippen LogP contribution in [0.1, 0.15) is 30.0 Å². The molecule has 0 saturated carbocycles. The molecule has 4 rings (SSSR count). The lowest BCUT2D eigenvalue weighted by molar-refractivity contribution is -0.139. The summed E-state index contributed by atoms with van der Waals surface area (Å²) in [5.41, 5.74) is 1.53. The number of rotatable bonds is 8. The Balaban J connectivity index is 1.54. The van der Waals surface area contributed by atoms with Gasteiger partial charge in [-0.1, -0.05) is 23.7 Å². The van der Waals surface area contributed by atoms with E-state index in [1.54, 1.807) is 18.2 Å². The zero-order valence-corrected chi connectivity index (χ0v) is 19.4. The third kappa shape index (κ3) is 5.49. The Kier molecular flexibility index (Phi) is 7.06. The molecule has 1 atom stereocenters. The summed E-state index contributed by atoms with van der Waals surface area (Å²) in [5.74, 6) is -0.372.